The molecular weight excluding hydrogens is 504 g/mol. The molecule has 4 N–H and O–H groups in total. The highest BCUT2D eigenvalue weighted by molar-refractivity contribution is 7.92. The van der Waals surface area contributed by atoms with Crippen LogP contribution in [0, 0.1) is 19.3 Å². The number of sulfonamides is 1. The molecule has 0 aliphatic rings. The first-order valence-electron chi connectivity index (χ1n) is 12.4. The lowest BCUT2D eigenvalue weighted by molar-refractivity contribution is 0.0696. The van der Waals surface area contributed by atoms with Crippen LogP contribution in [0.3, 0.4) is 0 Å². The SMILES string of the molecule is CCc1c(OC[C@H](N)CC(C)(C)C)nc(NS(=O)(=O)c2cccc(C(=O)O)c2)nc1-c1c(C)cccc1C. The number of carbonyl (C=O) groups is 1. The average molecular weight is 541 g/mol. The lowest BCUT2D eigenvalue weighted by Gasteiger charge is -2.24. The van der Waals surface area contributed by atoms with Crippen molar-refractivity contribution in [1.29, 1.82) is 0 Å². The zero-order valence-corrected chi connectivity index (χ0v) is 23.5. The smallest absolute Gasteiger partial charge is 0.335 e. The normalized spacial score (nSPS) is 12.7. The van der Waals surface area contributed by atoms with Gasteiger partial charge in [-0.1, -0.05) is 52.0 Å². The number of carboxylic acid groups (broad SMARTS) is 1. The number of carboxylic acids is 1. The van der Waals surface area contributed by atoms with Crippen molar-refractivity contribution in [3.05, 3.63) is 64.7 Å². The van der Waals surface area contributed by atoms with E-state index in [-0.39, 0.29) is 40.4 Å². The molecule has 0 fully saturated rings. The molecule has 0 bridgehead atoms. The van der Waals surface area contributed by atoms with E-state index in [1.807, 2.05) is 39.0 Å². The van der Waals surface area contributed by atoms with Gasteiger partial charge in [0, 0.05) is 17.2 Å². The molecule has 0 saturated heterocycles. The van der Waals surface area contributed by atoms with Crippen molar-refractivity contribution in [1.82, 2.24) is 9.97 Å². The van der Waals surface area contributed by atoms with Crippen LogP contribution in [0.1, 0.15) is 61.2 Å². The average Bonchev–Trinajstić information content (AvgIpc) is 2.81. The van der Waals surface area contributed by atoms with Gasteiger partial charge in [-0.05, 0) is 61.4 Å². The highest BCUT2D eigenvalue weighted by Gasteiger charge is 2.24. The quantitative estimate of drug-likeness (QED) is 0.327. The molecule has 1 aromatic heterocycles. The van der Waals surface area contributed by atoms with Crippen LogP contribution in [-0.4, -0.2) is 42.1 Å². The molecule has 0 radical (unpaired) electrons. The molecule has 0 saturated carbocycles. The number of aromatic carboxylic acids is 1. The highest BCUT2D eigenvalue weighted by atomic mass is 32.2. The number of aromatic nitrogens is 2. The van der Waals surface area contributed by atoms with Gasteiger partial charge >= 0.3 is 5.97 Å². The zero-order chi connectivity index (χ0) is 28.3. The van der Waals surface area contributed by atoms with Crippen molar-refractivity contribution in [3.63, 3.8) is 0 Å². The molecule has 9 nitrogen and oxygen atoms in total. The maximum Gasteiger partial charge on any atom is 0.335 e. The van der Waals surface area contributed by atoms with Gasteiger partial charge < -0.3 is 15.6 Å². The largest absolute Gasteiger partial charge is 0.478 e. The first kappa shape index (κ1) is 29.1. The van der Waals surface area contributed by atoms with Crippen LogP contribution < -0.4 is 15.2 Å². The number of nitrogens with zero attached hydrogens (tertiary/aromatic N) is 2. The molecule has 0 spiro atoms. The summed E-state index contributed by atoms with van der Waals surface area (Å²) in [5.74, 6) is -1.16. The first-order valence-corrected chi connectivity index (χ1v) is 13.9. The van der Waals surface area contributed by atoms with E-state index in [0.717, 1.165) is 34.7 Å². The number of rotatable bonds is 10. The monoisotopic (exact) mass is 540 g/mol. The van der Waals surface area contributed by atoms with E-state index in [2.05, 4.69) is 35.5 Å². The Morgan fingerprint density at radius 3 is 2.32 bits per heavy atom. The lowest BCUT2D eigenvalue weighted by Crippen LogP contribution is -2.32. The van der Waals surface area contributed by atoms with E-state index < -0.39 is 16.0 Å². The van der Waals surface area contributed by atoms with Gasteiger partial charge in [0.15, 0.2) is 0 Å². The standard InChI is InChI=1S/C28H36N4O5S/c1-7-22-24(23-17(2)10-8-11-18(23)3)30-27(31-25(22)37-16-20(29)15-28(4,5)6)32-38(35,36)21-13-9-12-19(14-21)26(33)34/h8-14,20H,7,15-16,29H2,1-6H3,(H,33,34)(H,30,31,32)/t20-/m1/s1. The maximum atomic E-state index is 13.2. The van der Waals surface area contributed by atoms with E-state index >= 15 is 0 Å². The summed E-state index contributed by atoms with van der Waals surface area (Å²) in [6.07, 6.45) is 1.27. The number of nitrogens with two attached hydrogens (primary N) is 1. The van der Waals surface area contributed by atoms with Gasteiger partial charge in [-0.3, -0.25) is 0 Å². The molecule has 0 amide bonds. The Kier molecular flexibility index (Phi) is 8.79. The number of anilines is 1. The van der Waals surface area contributed by atoms with Gasteiger partial charge in [0.2, 0.25) is 11.8 Å². The van der Waals surface area contributed by atoms with Crippen LogP contribution in [-0.2, 0) is 16.4 Å². The second-order valence-corrected chi connectivity index (χ2v) is 12.3. The van der Waals surface area contributed by atoms with E-state index in [1.165, 1.54) is 18.2 Å². The van der Waals surface area contributed by atoms with Crippen LogP contribution in [0.15, 0.2) is 47.4 Å². The van der Waals surface area contributed by atoms with Crippen LogP contribution in [0.25, 0.3) is 11.3 Å². The Hall–Kier alpha value is -3.50. The Morgan fingerprint density at radius 1 is 1.11 bits per heavy atom. The molecular formula is C28H36N4O5S. The third-order valence-electron chi connectivity index (χ3n) is 5.97. The summed E-state index contributed by atoms with van der Waals surface area (Å²) >= 11 is 0. The van der Waals surface area contributed by atoms with E-state index in [9.17, 15) is 18.3 Å². The minimum absolute atomic E-state index is 0.0107. The molecule has 1 heterocycles. The molecule has 0 aliphatic carbocycles. The predicted octanol–water partition coefficient (Wildman–Crippen LogP) is 4.96. The second-order valence-electron chi connectivity index (χ2n) is 10.6. The van der Waals surface area contributed by atoms with Crippen molar-refractivity contribution in [2.45, 2.75) is 65.3 Å². The van der Waals surface area contributed by atoms with Crippen LogP contribution >= 0.6 is 0 Å². The van der Waals surface area contributed by atoms with Crippen LogP contribution in [0.2, 0.25) is 0 Å². The van der Waals surface area contributed by atoms with Gasteiger partial charge in [-0.15, -0.1) is 0 Å². The Morgan fingerprint density at radius 2 is 1.74 bits per heavy atom. The summed E-state index contributed by atoms with van der Waals surface area (Å²) < 4.78 is 34.9. The molecule has 38 heavy (non-hydrogen) atoms. The minimum Gasteiger partial charge on any atom is -0.478 e. The fourth-order valence-electron chi connectivity index (χ4n) is 4.35. The van der Waals surface area contributed by atoms with Gasteiger partial charge in [-0.25, -0.2) is 22.9 Å². The number of hydrogen-bond acceptors (Lipinski definition) is 7. The molecule has 2 aromatic carbocycles. The predicted molar refractivity (Wildman–Crippen MR) is 148 cm³/mol. The van der Waals surface area contributed by atoms with Gasteiger partial charge in [0.1, 0.15) is 6.61 Å². The van der Waals surface area contributed by atoms with Crippen molar-refractivity contribution < 1.29 is 23.1 Å². The minimum atomic E-state index is -4.20. The molecule has 10 heteroatoms. The summed E-state index contributed by atoms with van der Waals surface area (Å²) in [6.45, 7) is 12.4. The number of aryl methyl sites for hydroxylation is 2. The molecule has 3 aromatic rings. The Balaban J connectivity index is 2.11. The Labute approximate surface area is 224 Å². The summed E-state index contributed by atoms with van der Waals surface area (Å²) in [4.78, 5) is 20.2. The van der Waals surface area contributed by atoms with E-state index in [4.69, 9.17) is 10.5 Å². The fraction of sp³-hybridized carbons (Fsp3) is 0.393. The van der Waals surface area contributed by atoms with Crippen molar-refractivity contribution in [3.8, 4) is 17.1 Å². The van der Waals surface area contributed by atoms with Gasteiger partial charge in [-0.2, -0.15) is 4.98 Å². The lowest BCUT2D eigenvalue weighted by atomic mass is 9.89. The van der Waals surface area contributed by atoms with Crippen molar-refractivity contribution >= 4 is 21.9 Å². The van der Waals surface area contributed by atoms with E-state index in [0.29, 0.717) is 12.1 Å². The zero-order valence-electron chi connectivity index (χ0n) is 22.7. The Bertz CT molecular complexity index is 1410. The van der Waals surface area contributed by atoms with Gasteiger partial charge in [0.05, 0.1) is 16.2 Å². The summed E-state index contributed by atoms with van der Waals surface area (Å²) in [5, 5.41) is 9.28. The van der Waals surface area contributed by atoms with Crippen LogP contribution in [0.5, 0.6) is 5.88 Å². The van der Waals surface area contributed by atoms with Crippen molar-refractivity contribution in [2.75, 3.05) is 11.3 Å². The summed E-state index contributed by atoms with van der Waals surface area (Å²) in [6, 6.07) is 10.7. The molecule has 204 valence electrons. The number of nitrogens with one attached hydrogen (secondary N) is 1. The van der Waals surface area contributed by atoms with E-state index in [1.54, 1.807) is 0 Å². The number of hydrogen-bond donors (Lipinski definition) is 3. The number of benzene rings is 2. The molecule has 1 atom stereocenters. The van der Waals surface area contributed by atoms with Gasteiger partial charge in [0.25, 0.3) is 10.0 Å². The molecule has 3 rings (SSSR count). The third-order valence-corrected chi connectivity index (χ3v) is 7.29. The summed E-state index contributed by atoms with van der Waals surface area (Å²) in [7, 11) is -4.20. The van der Waals surface area contributed by atoms with Crippen molar-refractivity contribution in [2.24, 2.45) is 11.1 Å². The maximum absolute atomic E-state index is 13.2. The first-order chi connectivity index (χ1) is 17.7. The van der Waals surface area contributed by atoms with Crippen LogP contribution in [0.4, 0.5) is 5.95 Å². The number of ether oxygens (including phenoxy) is 1. The second kappa shape index (κ2) is 11.5. The molecule has 0 unspecified atom stereocenters. The fourth-order valence-corrected chi connectivity index (χ4v) is 5.34. The third kappa shape index (κ3) is 7.08. The highest BCUT2D eigenvalue weighted by Crippen LogP contribution is 2.34. The topological polar surface area (TPSA) is 144 Å². The summed E-state index contributed by atoms with van der Waals surface area (Å²) in [5.41, 5.74) is 10.3. The molecule has 0 aliphatic heterocycles.